The topological polar surface area (TPSA) is 112 Å². The summed E-state index contributed by atoms with van der Waals surface area (Å²) in [6.07, 6.45) is 3.02. The molecule has 0 saturated heterocycles. The van der Waals surface area contributed by atoms with Crippen LogP contribution in [0.2, 0.25) is 0 Å². The molecule has 120 valence electrons. The van der Waals surface area contributed by atoms with Crippen LogP contribution in [0.15, 0.2) is 39.7 Å². The van der Waals surface area contributed by atoms with E-state index in [4.69, 9.17) is 9.52 Å². The highest BCUT2D eigenvalue weighted by Crippen LogP contribution is 2.25. The summed E-state index contributed by atoms with van der Waals surface area (Å²) in [7, 11) is 0. The van der Waals surface area contributed by atoms with Crippen LogP contribution in [-0.4, -0.2) is 28.0 Å². The number of carboxylic acids is 1. The summed E-state index contributed by atoms with van der Waals surface area (Å²) in [6.45, 7) is 0. The summed E-state index contributed by atoms with van der Waals surface area (Å²) in [5.41, 5.74) is -0.0216. The Morgan fingerprint density at radius 3 is 2.70 bits per heavy atom. The first-order chi connectivity index (χ1) is 11.0. The number of H-pyrrole nitrogens is 1. The highest BCUT2D eigenvalue weighted by Gasteiger charge is 2.31. The quantitative estimate of drug-likeness (QED) is 0.793. The van der Waals surface area contributed by atoms with E-state index in [-0.39, 0.29) is 11.6 Å². The zero-order valence-electron chi connectivity index (χ0n) is 12.2. The van der Waals surface area contributed by atoms with Gasteiger partial charge < -0.3 is 19.8 Å². The summed E-state index contributed by atoms with van der Waals surface area (Å²) in [6, 6.07) is 6.23. The zero-order valence-corrected chi connectivity index (χ0v) is 12.2. The van der Waals surface area contributed by atoms with Gasteiger partial charge in [0.15, 0.2) is 0 Å². The van der Waals surface area contributed by atoms with Gasteiger partial charge in [-0.05, 0) is 43.5 Å². The lowest BCUT2D eigenvalue weighted by molar-refractivity contribution is -0.141. The molecule has 2 aromatic heterocycles. The molecule has 2 aromatic rings. The fourth-order valence-corrected chi connectivity index (χ4v) is 2.83. The Bertz CT molecular complexity index is 778. The van der Waals surface area contributed by atoms with E-state index in [1.54, 1.807) is 18.2 Å². The number of carboxylic acid groups (broad SMARTS) is 1. The first-order valence-electron chi connectivity index (χ1n) is 7.35. The van der Waals surface area contributed by atoms with E-state index in [0.29, 0.717) is 30.7 Å². The first kappa shape index (κ1) is 15.1. The standard InChI is InChI=1S/C16H16N2O5/c19-14(17-10-4-3-9(8-10)16(21)22)11-5-6-12(18-15(11)20)13-2-1-7-23-13/h1-2,5-7,9-10H,3-4,8H2,(H,17,19)(H,18,20)(H,21,22)/t9-,10+/m0/s1. The molecule has 1 saturated carbocycles. The Kier molecular flexibility index (Phi) is 4.01. The number of hydrogen-bond donors (Lipinski definition) is 3. The normalized spacial score (nSPS) is 20.3. The van der Waals surface area contributed by atoms with E-state index in [1.165, 1.54) is 12.3 Å². The fraction of sp³-hybridized carbons (Fsp3) is 0.312. The van der Waals surface area contributed by atoms with Crippen LogP contribution < -0.4 is 10.9 Å². The van der Waals surface area contributed by atoms with Gasteiger partial charge in [0, 0.05) is 6.04 Å². The summed E-state index contributed by atoms with van der Waals surface area (Å²) in [5.74, 6) is -1.26. The van der Waals surface area contributed by atoms with Crippen molar-refractivity contribution in [1.29, 1.82) is 0 Å². The SMILES string of the molecule is O=C(N[C@@H]1CC[C@H](C(=O)O)C1)c1ccc(-c2ccco2)[nH]c1=O. The maximum absolute atomic E-state index is 12.2. The number of carbonyl (C=O) groups excluding carboxylic acids is 1. The second kappa shape index (κ2) is 6.12. The minimum absolute atomic E-state index is 0.000851. The predicted molar refractivity (Wildman–Crippen MR) is 81.0 cm³/mol. The van der Waals surface area contributed by atoms with E-state index in [9.17, 15) is 14.4 Å². The number of carbonyl (C=O) groups is 2. The predicted octanol–water partition coefficient (Wildman–Crippen LogP) is 1.62. The molecule has 0 unspecified atom stereocenters. The van der Waals surface area contributed by atoms with Gasteiger partial charge in [-0.25, -0.2) is 0 Å². The van der Waals surface area contributed by atoms with E-state index in [0.717, 1.165) is 0 Å². The lowest BCUT2D eigenvalue weighted by Crippen LogP contribution is -2.36. The van der Waals surface area contributed by atoms with E-state index < -0.39 is 23.4 Å². The van der Waals surface area contributed by atoms with Crippen LogP contribution in [0, 0.1) is 5.92 Å². The number of aromatic nitrogens is 1. The molecule has 3 rings (SSSR count). The smallest absolute Gasteiger partial charge is 0.306 e. The van der Waals surface area contributed by atoms with Gasteiger partial charge in [0.05, 0.1) is 17.9 Å². The van der Waals surface area contributed by atoms with Gasteiger partial charge in [-0.2, -0.15) is 0 Å². The van der Waals surface area contributed by atoms with Crippen molar-refractivity contribution < 1.29 is 19.1 Å². The van der Waals surface area contributed by atoms with Gasteiger partial charge in [-0.1, -0.05) is 0 Å². The van der Waals surface area contributed by atoms with E-state index in [1.807, 2.05) is 0 Å². The van der Waals surface area contributed by atoms with Crippen LogP contribution in [0.25, 0.3) is 11.5 Å². The Morgan fingerprint density at radius 1 is 1.26 bits per heavy atom. The van der Waals surface area contributed by atoms with Crippen LogP contribution >= 0.6 is 0 Å². The molecule has 1 amide bonds. The second-order valence-corrected chi connectivity index (χ2v) is 5.61. The van der Waals surface area contributed by atoms with E-state index >= 15 is 0 Å². The molecule has 1 fully saturated rings. The van der Waals surface area contributed by atoms with Crippen molar-refractivity contribution in [3.63, 3.8) is 0 Å². The van der Waals surface area contributed by atoms with Crippen molar-refractivity contribution in [3.05, 3.63) is 46.4 Å². The summed E-state index contributed by atoms with van der Waals surface area (Å²) in [4.78, 5) is 37.8. The van der Waals surface area contributed by atoms with Crippen LogP contribution in [0.1, 0.15) is 29.6 Å². The Morgan fingerprint density at radius 2 is 2.09 bits per heavy atom. The average Bonchev–Trinajstić information content (AvgIpc) is 3.18. The van der Waals surface area contributed by atoms with Gasteiger partial charge in [0.1, 0.15) is 11.3 Å². The number of nitrogens with one attached hydrogen (secondary N) is 2. The van der Waals surface area contributed by atoms with Crippen molar-refractivity contribution in [2.24, 2.45) is 5.92 Å². The molecule has 0 aliphatic heterocycles. The average molecular weight is 316 g/mol. The molecule has 0 bridgehead atoms. The lowest BCUT2D eigenvalue weighted by Gasteiger charge is -2.12. The monoisotopic (exact) mass is 316 g/mol. The maximum atomic E-state index is 12.2. The van der Waals surface area contributed by atoms with Crippen molar-refractivity contribution in [1.82, 2.24) is 10.3 Å². The Balaban J connectivity index is 1.71. The molecule has 23 heavy (non-hydrogen) atoms. The van der Waals surface area contributed by atoms with Crippen LogP contribution in [0.4, 0.5) is 0 Å². The summed E-state index contributed by atoms with van der Waals surface area (Å²) >= 11 is 0. The van der Waals surface area contributed by atoms with Crippen LogP contribution in [-0.2, 0) is 4.79 Å². The third-order valence-corrected chi connectivity index (χ3v) is 4.06. The minimum Gasteiger partial charge on any atom is -0.481 e. The van der Waals surface area contributed by atoms with Crippen LogP contribution in [0.3, 0.4) is 0 Å². The van der Waals surface area contributed by atoms with Crippen molar-refractivity contribution in [2.75, 3.05) is 0 Å². The molecular weight excluding hydrogens is 300 g/mol. The van der Waals surface area contributed by atoms with Gasteiger partial charge in [-0.3, -0.25) is 14.4 Å². The number of hydrogen-bond acceptors (Lipinski definition) is 4. The van der Waals surface area contributed by atoms with E-state index in [2.05, 4.69) is 10.3 Å². The lowest BCUT2D eigenvalue weighted by atomic mass is 10.1. The molecule has 2 heterocycles. The van der Waals surface area contributed by atoms with Gasteiger partial charge >= 0.3 is 5.97 Å². The Hall–Kier alpha value is -2.83. The summed E-state index contributed by atoms with van der Waals surface area (Å²) < 4.78 is 5.19. The third-order valence-electron chi connectivity index (χ3n) is 4.06. The number of rotatable bonds is 4. The number of aromatic amines is 1. The highest BCUT2D eigenvalue weighted by atomic mass is 16.4. The zero-order chi connectivity index (χ0) is 16.4. The molecule has 7 nitrogen and oxygen atoms in total. The van der Waals surface area contributed by atoms with Gasteiger partial charge in [0.2, 0.25) is 0 Å². The molecule has 1 aliphatic rings. The molecule has 0 radical (unpaired) electrons. The number of pyridine rings is 1. The third kappa shape index (κ3) is 3.18. The molecular formula is C16H16N2O5. The second-order valence-electron chi connectivity index (χ2n) is 5.61. The van der Waals surface area contributed by atoms with Crippen molar-refractivity contribution in [3.8, 4) is 11.5 Å². The highest BCUT2D eigenvalue weighted by molar-refractivity contribution is 5.94. The van der Waals surface area contributed by atoms with Crippen molar-refractivity contribution >= 4 is 11.9 Å². The van der Waals surface area contributed by atoms with Gasteiger partial charge in [0.25, 0.3) is 11.5 Å². The molecule has 0 aromatic carbocycles. The summed E-state index contributed by atoms with van der Waals surface area (Å²) in [5, 5.41) is 11.7. The minimum atomic E-state index is -0.845. The Labute approximate surface area is 131 Å². The molecule has 1 aliphatic carbocycles. The van der Waals surface area contributed by atoms with Crippen LogP contribution in [0.5, 0.6) is 0 Å². The van der Waals surface area contributed by atoms with Crippen molar-refractivity contribution in [2.45, 2.75) is 25.3 Å². The number of furan rings is 1. The fourth-order valence-electron chi connectivity index (χ4n) is 2.83. The molecule has 7 heteroatoms. The number of aliphatic carboxylic acids is 1. The molecule has 2 atom stereocenters. The molecule has 0 spiro atoms. The largest absolute Gasteiger partial charge is 0.481 e. The first-order valence-corrected chi connectivity index (χ1v) is 7.35. The van der Waals surface area contributed by atoms with Gasteiger partial charge in [-0.15, -0.1) is 0 Å². The maximum Gasteiger partial charge on any atom is 0.306 e. The number of amides is 1. The molecule has 3 N–H and O–H groups in total.